The van der Waals surface area contributed by atoms with Crippen molar-refractivity contribution in [1.82, 2.24) is 15.3 Å². The Morgan fingerprint density at radius 3 is 3.15 bits per heavy atom. The number of benzene rings is 1. The maximum absolute atomic E-state index is 11.4. The molecule has 1 amide bonds. The molecule has 20 heavy (non-hydrogen) atoms. The summed E-state index contributed by atoms with van der Waals surface area (Å²) in [4.78, 5) is 19.6. The molecule has 1 aliphatic rings. The summed E-state index contributed by atoms with van der Waals surface area (Å²) in [6.45, 7) is 3.02. The van der Waals surface area contributed by atoms with Crippen LogP contribution in [0.3, 0.4) is 0 Å². The van der Waals surface area contributed by atoms with Crippen LogP contribution in [0.5, 0.6) is 0 Å². The number of aromatic nitrogens is 2. The summed E-state index contributed by atoms with van der Waals surface area (Å²) in [5.74, 6) is 0.158. The summed E-state index contributed by atoms with van der Waals surface area (Å²) in [5.41, 5.74) is 7.34. The maximum Gasteiger partial charge on any atom is 0.250 e. The fraction of sp³-hybridized carbons (Fsp3) is 0.357. The fourth-order valence-corrected chi connectivity index (χ4v) is 2.57. The van der Waals surface area contributed by atoms with Gasteiger partial charge >= 0.3 is 0 Å². The molecular weight excluding hydrogens is 254 g/mol. The Morgan fingerprint density at radius 2 is 2.40 bits per heavy atom. The van der Waals surface area contributed by atoms with E-state index in [-0.39, 0.29) is 0 Å². The van der Waals surface area contributed by atoms with Gasteiger partial charge in [0.05, 0.1) is 11.1 Å². The quantitative estimate of drug-likeness (QED) is 0.763. The van der Waals surface area contributed by atoms with Crippen molar-refractivity contribution >= 4 is 22.5 Å². The van der Waals surface area contributed by atoms with Crippen LogP contribution in [0, 0.1) is 5.92 Å². The average Bonchev–Trinajstić information content (AvgIpc) is 2.97. The molecule has 1 aliphatic heterocycles. The van der Waals surface area contributed by atoms with Gasteiger partial charge in [0.2, 0.25) is 0 Å². The summed E-state index contributed by atoms with van der Waals surface area (Å²) in [6, 6.07) is 3.58. The number of hydrogen-bond acceptors (Lipinski definition) is 5. The molecule has 2 aromatic rings. The minimum absolute atomic E-state index is 0.426. The van der Waals surface area contributed by atoms with Crippen molar-refractivity contribution in [3.05, 3.63) is 30.2 Å². The van der Waals surface area contributed by atoms with Gasteiger partial charge in [-0.2, -0.15) is 0 Å². The molecule has 0 spiro atoms. The topological polar surface area (TPSA) is 92.9 Å². The number of fused-ring (bicyclic) bond motifs is 1. The van der Waals surface area contributed by atoms with Crippen molar-refractivity contribution in [2.75, 3.05) is 25.0 Å². The van der Waals surface area contributed by atoms with Crippen LogP contribution in [-0.4, -0.2) is 35.5 Å². The van der Waals surface area contributed by atoms with Crippen LogP contribution in [0.2, 0.25) is 0 Å². The molecule has 1 aromatic heterocycles. The van der Waals surface area contributed by atoms with Crippen LogP contribution in [0.4, 0.5) is 5.69 Å². The molecule has 0 bridgehead atoms. The molecule has 1 unspecified atom stereocenters. The third kappa shape index (κ3) is 2.42. The van der Waals surface area contributed by atoms with E-state index in [9.17, 15) is 4.79 Å². The van der Waals surface area contributed by atoms with Crippen molar-refractivity contribution in [3.63, 3.8) is 0 Å². The lowest BCUT2D eigenvalue weighted by Crippen LogP contribution is -2.18. The first-order valence-corrected chi connectivity index (χ1v) is 6.73. The molecule has 3 rings (SSSR count). The lowest BCUT2D eigenvalue weighted by atomic mass is 10.1. The van der Waals surface area contributed by atoms with Crippen molar-refractivity contribution in [3.8, 4) is 0 Å². The van der Waals surface area contributed by atoms with Crippen molar-refractivity contribution in [1.29, 1.82) is 0 Å². The summed E-state index contributed by atoms with van der Waals surface area (Å²) in [5, 5.41) is 7.60. The van der Waals surface area contributed by atoms with Gasteiger partial charge in [-0.05, 0) is 37.6 Å². The van der Waals surface area contributed by atoms with Crippen LogP contribution >= 0.6 is 0 Å². The van der Waals surface area contributed by atoms with Gasteiger partial charge in [-0.15, -0.1) is 0 Å². The Morgan fingerprint density at radius 1 is 1.50 bits per heavy atom. The van der Waals surface area contributed by atoms with Crippen LogP contribution in [0.25, 0.3) is 10.9 Å². The predicted molar refractivity (Wildman–Crippen MR) is 77.5 cm³/mol. The fourth-order valence-electron chi connectivity index (χ4n) is 2.57. The summed E-state index contributed by atoms with van der Waals surface area (Å²) >= 11 is 0. The highest BCUT2D eigenvalue weighted by Crippen LogP contribution is 2.24. The van der Waals surface area contributed by atoms with Crippen LogP contribution in [-0.2, 0) is 0 Å². The standard InChI is InChI=1S/C14H17N5O/c15-14(20)10-1-2-12(11-7-17-8-19-13(10)11)18-6-9-3-4-16-5-9/h1-2,7-9,16,18H,3-6H2,(H2,15,20). The van der Waals surface area contributed by atoms with Gasteiger partial charge in [-0.3, -0.25) is 4.79 Å². The Hall–Kier alpha value is -2.21. The van der Waals surface area contributed by atoms with Gasteiger partial charge in [0.15, 0.2) is 0 Å². The van der Waals surface area contributed by atoms with E-state index in [0.717, 1.165) is 30.7 Å². The molecule has 0 radical (unpaired) electrons. The molecule has 1 saturated heterocycles. The Labute approximate surface area is 116 Å². The molecule has 0 aliphatic carbocycles. The second-order valence-electron chi connectivity index (χ2n) is 5.05. The smallest absolute Gasteiger partial charge is 0.250 e. The zero-order valence-corrected chi connectivity index (χ0v) is 11.1. The SMILES string of the molecule is NC(=O)c1ccc(NCC2CCNC2)c2cncnc12. The highest BCUT2D eigenvalue weighted by molar-refractivity contribution is 6.07. The lowest BCUT2D eigenvalue weighted by Gasteiger charge is -2.14. The zero-order valence-electron chi connectivity index (χ0n) is 11.1. The predicted octanol–water partition coefficient (Wildman–Crippen LogP) is 0.750. The first-order valence-electron chi connectivity index (χ1n) is 6.73. The number of carbonyl (C=O) groups is 1. The highest BCUT2D eigenvalue weighted by atomic mass is 16.1. The largest absolute Gasteiger partial charge is 0.384 e. The van der Waals surface area contributed by atoms with E-state index in [0.29, 0.717) is 17.0 Å². The monoisotopic (exact) mass is 271 g/mol. The number of nitrogens with zero attached hydrogens (tertiary/aromatic N) is 2. The number of carbonyl (C=O) groups excluding carboxylic acids is 1. The number of anilines is 1. The normalized spacial score (nSPS) is 18.3. The van der Waals surface area contributed by atoms with Gasteiger partial charge in [-0.25, -0.2) is 9.97 Å². The minimum atomic E-state index is -0.472. The number of amides is 1. The van der Waals surface area contributed by atoms with Gasteiger partial charge in [0.1, 0.15) is 6.33 Å². The van der Waals surface area contributed by atoms with Gasteiger partial charge in [0, 0.05) is 23.8 Å². The Balaban J connectivity index is 1.91. The van der Waals surface area contributed by atoms with E-state index in [1.165, 1.54) is 12.7 Å². The third-order valence-electron chi connectivity index (χ3n) is 3.68. The summed E-state index contributed by atoms with van der Waals surface area (Å²) in [6.07, 6.45) is 4.32. The zero-order chi connectivity index (χ0) is 13.9. The third-order valence-corrected chi connectivity index (χ3v) is 3.68. The Bertz CT molecular complexity index is 636. The van der Waals surface area contributed by atoms with Crippen LogP contribution < -0.4 is 16.4 Å². The van der Waals surface area contributed by atoms with E-state index in [4.69, 9.17) is 5.73 Å². The van der Waals surface area contributed by atoms with E-state index >= 15 is 0 Å². The van der Waals surface area contributed by atoms with Crippen LogP contribution in [0.15, 0.2) is 24.7 Å². The summed E-state index contributed by atoms with van der Waals surface area (Å²) < 4.78 is 0. The van der Waals surface area contributed by atoms with Gasteiger partial charge in [-0.1, -0.05) is 0 Å². The van der Waals surface area contributed by atoms with Crippen molar-refractivity contribution < 1.29 is 4.79 Å². The molecule has 1 atom stereocenters. The first-order chi connectivity index (χ1) is 9.75. The molecule has 6 heteroatoms. The molecule has 1 aromatic carbocycles. The van der Waals surface area contributed by atoms with Crippen molar-refractivity contribution in [2.24, 2.45) is 11.7 Å². The summed E-state index contributed by atoms with van der Waals surface area (Å²) in [7, 11) is 0. The van der Waals surface area contributed by atoms with E-state index < -0.39 is 5.91 Å². The second kappa shape index (κ2) is 5.42. The second-order valence-corrected chi connectivity index (χ2v) is 5.05. The number of hydrogen-bond donors (Lipinski definition) is 3. The number of rotatable bonds is 4. The molecule has 104 valence electrons. The van der Waals surface area contributed by atoms with E-state index in [1.807, 2.05) is 6.07 Å². The molecule has 6 nitrogen and oxygen atoms in total. The number of nitrogens with two attached hydrogens (primary N) is 1. The number of primary amides is 1. The highest BCUT2D eigenvalue weighted by Gasteiger charge is 2.15. The Kier molecular flexibility index (Phi) is 3.47. The molecule has 2 heterocycles. The lowest BCUT2D eigenvalue weighted by molar-refractivity contribution is 0.100. The van der Waals surface area contributed by atoms with E-state index in [2.05, 4.69) is 20.6 Å². The molecular formula is C14H17N5O. The molecule has 1 fully saturated rings. The van der Waals surface area contributed by atoms with Gasteiger partial charge < -0.3 is 16.4 Å². The van der Waals surface area contributed by atoms with Gasteiger partial charge in [0.25, 0.3) is 5.91 Å². The van der Waals surface area contributed by atoms with E-state index in [1.54, 1.807) is 12.3 Å². The average molecular weight is 271 g/mol. The molecule has 0 saturated carbocycles. The minimum Gasteiger partial charge on any atom is -0.384 e. The number of nitrogens with one attached hydrogen (secondary N) is 2. The van der Waals surface area contributed by atoms with Crippen molar-refractivity contribution in [2.45, 2.75) is 6.42 Å². The first kappa shape index (κ1) is 12.8. The maximum atomic E-state index is 11.4. The van der Waals surface area contributed by atoms with Crippen LogP contribution in [0.1, 0.15) is 16.8 Å². The molecule has 4 N–H and O–H groups in total.